The summed E-state index contributed by atoms with van der Waals surface area (Å²) in [4.78, 5) is 14.9. The van der Waals surface area contributed by atoms with E-state index in [1.54, 1.807) is 6.92 Å². The molecule has 0 aliphatic heterocycles. The lowest BCUT2D eigenvalue weighted by Crippen LogP contribution is -2.27. The Bertz CT molecular complexity index is 400. The van der Waals surface area contributed by atoms with Gasteiger partial charge in [-0.1, -0.05) is 0 Å². The second-order valence-corrected chi connectivity index (χ2v) is 3.13. The van der Waals surface area contributed by atoms with Crippen molar-refractivity contribution in [3.8, 4) is 6.07 Å². The summed E-state index contributed by atoms with van der Waals surface area (Å²) >= 11 is 0. The molecule has 1 aromatic heterocycles. The maximum atomic E-state index is 12.7. The number of pyridine rings is 1. The number of hydrogen-bond donors (Lipinski definition) is 1. The first-order chi connectivity index (χ1) is 7.13. The molecular weight excluding hydrogens is 197 g/mol. The van der Waals surface area contributed by atoms with E-state index in [0.717, 1.165) is 12.3 Å². The highest BCUT2D eigenvalue weighted by molar-refractivity contribution is 5.93. The van der Waals surface area contributed by atoms with Crippen LogP contribution in [-0.2, 0) is 0 Å². The molecule has 78 valence electrons. The molecule has 1 heterocycles. The lowest BCUT2D eigenvalue weighted by Gasteiger charge is -2.05. The van der Waals surface area contributed by atoms with Crippen molar-refractivity contribution in [2.45, 2.75) is 6.92 Å². The van der Waals surface area contributed by atoms with E-state index >= 15 is 0 Å². The molecule has 0 aliphatic carbocycles. The number of rotatable bonds is 3. The van der Waals surface area contributed by atoms with E-state index in [9.17, 15) is 9.18 Å². The van der Waals surface area contributed by atoms with Crippen molar-refractivity contribution in [3.63, 3.8) is 0 Å². The Hall–Kier alpha value is -1.96. The molecule has 1 amide bonds. The summed E-state index contributed by atoms with van der Waals surface area (Å²) in [7, 11) is 0. The zero-order chi connectivity index (χ0) is 11.3. The number of nitrogens with one attached hydrogen (secondary N) is 1. The number of aromatic nitrogens is 1. The number of halogens is 1. The van der Waals surface area contributed by atoms with Crippen LogP contribution in [0.15, 0.2) is 18.5 Å². The minimum absolute atomic E-state index is 0.153. The van der Waals surface area contributed by atoms with Gasteiger partial charge in [0.25, 0.3) is 5.91 Å². The zero-order valence-corrected chi connectivity index (χ0v) is 8.20. The molecule has 0 aliphatic rings. The fraction of sp³-hybridized carbons (Fsp3) is 0.300. The number of carbonyl (C=O) groups excluding carboxylic acids is 1. The number of carbonyl (C=O) groups is 1. The first-order valence-electron chi connectivity index (χ1n) is 4.42. The summed E-state index contributed by atoms with van der Waals surface area (Å²) in [6.07, 6.45) is 2.30. The van der Waals surface area contributed by atoms with Crippen LogP contribution >= 0.6 is 0 Å². The summed E-state index contributed by atoms with van der Waals surface area (Å²) in [5.74, 6) is -1.25. The third kappa shape index (κ3) is 3.35. The van der Waals surface area contributed by atoms with Crippen LogP contribution in [0.2, 0.25) is 0 Å². The van der Waals surface area contributed by atoms with Crippen LogP contribution in [0.25, 0.3) is 0 Å². The topological polar surface area (TPSA) is 65.8 Å². The van der Waals surface area contributed by atoms with Crippen LogP contribution in [0.4, 0.5) is 4.39 Å². The second-order valence-electron chi connectivity index (χ2n) is 3.13. The van der Waals surface area contributed by atoms with Gasteiger partial charge in [0.1, 0.15) is 5.82 Å². The molecule has 0 radical (unpaired) electrons. The molecule has 0 spiro atoms. The summed E-state index contributed by atoms with van der Waals surface area (Å²) in [5, 5.41) is 11.0. The Morgan fingerprint density at radius 3 is 3.07 bits per heavy atom. The van der Waals surface area contributed by atoms with E-state index in [4.69, 9.17) is 5.26 Å². The smallest absolute Gasteiger partial charge is 0.252 e. The van der Waals surface area contributed by atoms with E-state index in [1.165, 1.54) is 6.20 Å². The van der Waals surface area contributed by atoms with Crippen LogP contribution in [0.3, 0.4) is 0 Å². The lowest BCUT2D eigenvalue weighted by molar-refractivity contribution is 0.0950. The number of nitrogens with zero attached hydrogens (tertiary/aromatic N) is 2. The second kappa shape index (κ2) is 5.05. The fourth-order valence-electron chi connectivity index (χ4n) is 0.930. The molecule has 0 saturated carbocycles. The average Bonchev–Trinajstić information content (AvgIpc) is 2.25. The lowest BCUT2D eigenvalue weighted by atomic mass is 10.2. The Kier molecular flexibility index (Phi) is 3.75. The largest absolute Gasteiger partial charge is 0.351 e. The van der Waals surface area contributed by atoms with Crippen molar-refractivity contribution < 1.29 is 9.18 Å². The molecule has 0 fully saturated rings. The molecule has 1 unspecified atom stereocenters. The molecule has 0 aromatic carbocycles. The van der Waals surface area contributed by atoms with Gasteiger partial charge in [-0.2, -0.15) is 5.26 Å². The average molecular weight is 207 g/mol. The van der Waals surface area contributed by atoms with Crippen molar-refractivity contribution in [2.75, 3.05) is 6.54 Å². The quantitative estimate of drug-likeness (QED) is 0.807. The molecule has 4 nitrogen and oxygen atoms in total. The number of amides is 1. The van der Waals surface area contributed by atoms with Crippen LogP contribution in [0.1, 0.15) is 17.3 Å². The Balaban J connectivity index is 2.59. The zero-order valence-electron chi connectivity index (χ0n) is 8.20. The molecule has 1 N–H and O–H groups in total. The Morgan fingerprint density at radius 2 is 2.47 bits per heavy atom. The first-order valence-corrected chi connectivity index (χ1v) is 4.42. The normalized spacial score (nSPS) is 11.5. The monoisotopic (exact) mass is 207 g/mol. The molecule has 0 saturated heterocycles. The van der Waals surface area contributed by atoms with Gasteiger partial charge in [-0.25, -0.2) is 4.39 Å². The van der Waals surface area contributed by atoms with E-state index in [1.807, 2.05) is 6.07 Å². The summed E-state index contributed by atoms with van der Waals surface area (Å²) in [6, 6.07) is 3.08. The molecule has 5 heteroatoms. The summed E-state index contributed by atoms with van der Waals surface area (Å²) in [6.45, 7) is 1.93. The highest BCUT2D eigenvalue weighted by Gasteiger charge is 2.08. The van der Waals surface area contributed by atoms with E-state index < -0.39 is 11.7 Å². The third-order valence-corrected chi connectivity index (χ3v) is 1.76. The molecule has 1 rings (SSSR count). The Morgan fingerprint density at radius 1 is 1.73 bits per heavy atom. The minimum Gasteiger partial charge on any atom is -0.351 e. The van der Waals surface area contributed by atoms with E-state index in [2.05, 4.69) is 10.3 Å². The van der Waals surface area contributed by atoms with Crippen LogP contribution < -0.4 is 5.32 Å². The van der Waals surface area contributed by atoms with Crippen LogP contribution in [-0.4, -0.2) is 17.4 Å². The Labute approximate surface area is 86.7 Å². The maximum absolute atomic E-state index is 12.7. The number of hydrogen-bond acceptors (Lipinski definition) is 3. The first kappa shape index (κ1) is 11.1. The third-order valence-electron chi connectivity index (χ3n) is 1.76. The SMILES string of the molecule is CC(C#N)CNC(=O)c1cncc(F)c1. The molecule has 15 heavy (non-hydrogen) atoms. The van der Waals surface area contributed by atoms with Crippen LogP contribution in [0, 0.1) is 23.1 Å². The van der Waals surface area contributed by atoms with E-state index in [0.29, 0.717) is 0 Å². The highest BCUT2D eigenvalue weighted by Crippen LogP contribution is 2.00. The van der Waals surface area contributed by atoms with Gasteiger partial charge < -0.3 is 5.32 Å². The predicted molar refractivity (Wildman–Crippen MR) is 51.3 cm³/mol. The molecule has 1 atom stereocenters. The summed E-state index contributed by atoms with van der Waals surface area (Å²) < 4.78 is 12.7. The number of nitriles is 1. The van der Waals surface area contributed by atoms with Crippen molar-refractivity contribution in [1.29, 1.82) is 5.26 Å². The van der Waals surface area contributed by atoms with Gasteiger partial charge in [0.05, 0.1) is 23.7 Å². The van der Waals surface area contributed by atoms with Crippen molar-refractivity contribution in [3.05, 3.63) is 29.8 Å². The minimum atomic E-state index is -0.559. The van der Waals surface area contributed by atoms with Crippen molar-refractivity contribution >= 4 is 5.91 Å². The van der Waals surface area contributed by atoms with Gasteiger partial charge in [0, 0.05) is 12.7 Å². The van der Waals surface area contributed by atoms with Crippen LogP contribution in [0.5, 0.6) is 0 Å². The predicted octanol–water partition coefficient (Wildman–Crippen LogP) is 1.11. The fourth-order valence-corrected chi connectivity index (χ4v) is 0.930. The van der Waals surface area contributed by atoms with Gasteiger partial charge in [0.15, 0.2) is 0 Å². The van der Waals surface area contributed by atoms with Gasteiger partial charge >= 0.3 is 0 Å². The summed E-state index contributed by atoms with van der Waals surface area (Å²) in [5.41, 5.74) is 0.153. The standard InChI is InChI=1S/C10H10FN3O/c1-7(3-12)4-14-10(15)8-2-9(11)6-13-5-8/h2,5-7H,4H2,1H3,(H,14,15). The van der Waals surface area contributed by atoms with Gasteiger partial charge in [0.2, 0.25) is 0 Å². The van der Waals surface area contributed by atoms with Gasteiger partial charge in [-0.05, 0) is 13.0 Å². The van der Waals surface area contributed by atoms with Crippen molar-refractivity contribution in [2.24, 2.45) is 5.92 Å². The molecular formula is C10H10FN3O. The highest BCUT2D eigenvalue weighted by atomic mass is 19.1. The molecule has 1 aromatic rings. The van der Waals surface area contributed by atoms with Crippen molar-refractivity contribution in [1.82, 2.24) is 10.3 Å². The maximum Gasteiger partial charge on any atom is 0.252 e. The van der Waals surface area contributed by atoms with Gasteiger partial charge in [-0.15, -0.1) is 0 Å². The van der Waals surface area contributed by atoms with Gasteiger partial charge in [-0.3, -0.25) is 9.78 Å². The molecule has 0 bridgehead atoms. The van der Waals surface area contributed by atoms with E-state index in [-0.39, 0.29) is 18.0 Å².